The molecule has 0 bridgehead atoms. The topological polar surface area (TPSA) is 129 Å². The zero-order valence-electron chi connectivity index (χ0n) is 16.5. The van der Waals surface area contributed by atoms with Gasteiger partial charge in [-0.2, -0.15) is 0 Å². The zero-order chi connectivity index (χ0) is 21.7. The third-order valence-corrected chi connectivity index (χ3v) is 5.47. The van der Waals surface area contributed by atoms with Crippen LogP contribution < -0.4 is 26.3 Å². The number of primary amides is 1. The number of nitrogens with zero attached hydrogens (tertiary/aromatic N) is 1. The summed E-state index contributed by atoms with van der Waals surface area (Å²) in [6, 6.07) is 14.1. The average Bonchev–Trinajstić information content (AvgIpc) is 3.06. The summed E-state index contributed by atoms with van der Waals surface area (Å²) >= 11 is 1.06. The molecule has 0 saturated carbocycles. The van der Waals surface area contributed by atoms with Crippen molar-refractivity contribution in [2.45, 2.75) is 12.2 Å². The van der Waals surface area contributed by atoms with E-state index >= 15 is 0 Å². The van der Waals surface area contributed by atoms with Crippen molar-refractivity contribution in [3.8, 4) is 11.5 Å². The maximum Gasteiger partial charge on any atom is 0.253 e. The summed E-state index contributed by atoms with van der Waals surface area (Å²) in [5.41, 5.74) is 12.8. The predicted molar refractivity (Wildman–Crippen MR) is 118 cm³/mol. The molecule has 2 amide bonds. The highest BCUT2D eigenvalue weighted by atomic mass is 32.2. The molecule has 0 spiro atoms. The Morgan fingerprint density at radius 3 is 2.47 bits per heavy atom. The molecule has 8 nitrogen and oxygen atoms in total. The van der Waals surface area contributed by atoms with Crippen LogP contribution in [0.2, 0.25) is 0 Å². The number of rotatable bonds is 7. The first-order valence-corrected chi connectivity index (χ1v) is 10.0. The van der Waals surface area contributed by atoms with Crippen LogP contribution in [0.5, 0.6) is 11.5 Å². The van der Waals surface area contributed by atoms with Crippen LogP contribution in [-0.4, -0.2) is 35.8 Å². The number of para-hydroxylation sites is 4. The number of hydrogen-bond acceptors (Lipinski definition) is 7. The summed E-state index contributed by atoms with van der Waals surface area (Å²) in [7, 11) is 1.52. The van der Waals surface area contributed by atoms with Crippen LogP contribution in [0, 0.1) is 0 Å². The Morgan fingerprint density at radius 1 is 1.13 bits per heavy atom. The fraction of sp³-hybridized carbons (Fsp3) is 0.190. The van der Waals surface area contributed by atoms with Crippen LogP contribution in [0.25, 0.3) is 0 Å². The number of methoxy groups -OCH3 is 1. The summed E-state index contributed by atoms with van der Waals surface area (Å²) < 4.78 is 10.8. The van der Waals surface area contributed by atoms with Gasteiger partial charge in [-0.05, 0) is 31.2 Å². The minimum absolute atomic E-state index is 0.0316. The first kappa shape index (κ1) is 21.3. The normalized spacial score (nSPS) is 17.1. The number of carbonyl (C=O) groups excluding carboxylic acids is 2. The van der Waals surface area contributed by atoms with Crippen molar-refractivity contribution >= 4 is 40.0 Å². The highest BCUT2D eigenvalue weighted by molar-refractivity contribution is 8.16. The van der Waals surface area contributed by atoms with Gasteiger partial charge in [-0.3, -0.25) is 9.59 Å². The predicted octanol–water partition coefficient (Wildman–Crippen LogP) is 2.58. The first-order valence-electron chi connectivity index (χ1n) is 9.17. The molecule has 156 valence electrons. The lowest BCUT2D eigenvalue weighted by Crippen LogP contribution is -2.29. The van der Waals surface area contributed by atoms with Crippen LogP contribution in [0.15, 0.2) is 64.8 Å². The van der Waals surface area contributed by atoms with Crippen molar-refractivity contribution in [2.24, 2.45) is 16.5 Å². The molecule has 2 aromatic carbocycles. The van der Waals surface area contributed by atoms with E-state index in [1.165, 1.54) is 7.11 Å². The summed E-state index contributed by atoms with van der Waals surface area (Å²) in [6.07, 6.45) is 0. The Bertz CT molecular complexity index is 1040. The van der Waals surface area contributed by atoms with Crippen LogP contribution in [0.4, 0.5) is 11.4 Å². The summed E-state index contributed by atoms with van der Waals surface area (Å²) in [5, 5.41) is 2.20. The number of ether oxygens (including phenoxy) is 2. The molecule has 0 saturated heterocycles. The Hall–Kier alpha value is -3.46. The number of carbonyl (C=O) groups is 2. The van der Waals surface area contributed by atoms with Crippen LogP contribution in [-0.2, 0) is 9.59 Å². The summed E-state index contributed by atoms with van der Waals surface area (Å²) in [6.45, 7) is 2.31. The molecular formula is C21H22N4O4S. The monoisotopic (exact) mass is 426 g/mol. The number of benzene rings is 2. The maximum absolute atomic E-state index is 12.9. The quantitative estimate of drug-likeness (QED) is 0.624. The van der Waals surface area contributed by atoms with Crippen molar-refractivity contribution in [1.82, 2.24) is 0 Å². The van der Waals surface area contributed by atoms with Crippen molar-refractivity contribution in [2.75, 3.05) is 19.0 Å². The largest absolute Gasteiger partial charge is 0.494 e. The van der Waals surface area contributed by atoms with Crippen molar-refractivity contribution in [3.05, 3.63) is 59.8 Å². The number of aliphatic imine (C=N–C) groups is 1. The van der Waals surface area contributed by atoms with Gasteiger partial charge in [0, 0.05) is 5.70 Å². The van der Waals surface area contributed by atoms with Gasteiger partial charge >= 0.3 is 0 Å². The van der Waals surface area contributed by atoms with Gasteiger partial charge in [0.1, 0.15) is 27.5 Å². The summed E-state index contributed by atoms with van der Waals surface area (Å²) in [5.74, 6) is -0.101. The molecule has 1 heterocycles. The molecule has 2 aromatic rings. The molecule has 1 aliphatic rings. The molecular weight excluding hydrogens is 404 g/mol. The second-order valence-electron chi connectivity index (χ2n) is 6.20. The van der Waals surface area contributed by atoms with E-state index in [0.29, 0.717) is 29.5 Å². The number of nitrogens with two attached hydrogens (primary N) is 2. The van der Waals surface area contributed by atoms with Crippen LogP contribution in [0.1, 0.15) is 6.92 Å². The molecule has 1 aliphatic heterocycles. The molecule has 0 fully saturated rings. The van der Waals surface area contributed by atoms with E-state index in [0.717, 1.165) is 11.8 Å². The SMILES string of the molecule is CCOc1ccccc1NC(=O)[C@H]1SC(=Nc2ccccc2OC)C(C(N)=O)=C1N. The van der Waals surface area contributed by atoms with E-state index in [-0.39, 0.29) is 16.3 Å². The van der Waals surface area contributed by atoms with Crippen molar-refractivity contribution in [3.63, 3.8) is 0 Å². The number of thioether (sulfide) groups is 1. The van der Waals surface area contributed by atoms with Crippen molar-refractivity contribution < 1.29 is 19.1 Å². The van der Waals surface area contributed by atoms with Gasteiger partial charge in [0.2, 0.25) is 5.91 Å². The third-order valence-electron chi connectivity index (χ3n) is 4.25. The zero-order valence-corrected chi connectivity index (χ0v) is 17.4. The molecule has 0 unspecified atom stereocenters. The van der Waals surface area contributed by atoms with E-state index in [4.69, 9.17) is 20.9 Å². The molecule has 1 atom stereocenters. The second kappa shape index (κ2) is 9.36. The lowest BCUT2D eigenvalue weighted by Gasteiger charge is -2.14. The molecule has 0 aromatic heterocycles. The molecule has 0 radical (unpaired) electrons. The van der Waals surface area contributed by atoms with Gasteiger partial charge in [-0.1, -0.05) is 36.0 Å². The first-order chi connectivity index (χ1) is 14.5. The van der Waals surface area contributed by atoms with Crippen molar-refractivity contribution in [1.29, 1.82) is 0 Å². The number of hydrogen-bond donors (Lipinski definition) is 3. The lowest BCUT2D eigenvalue weighted by molar-refractivity contribution is -0.115. The van der Waals surface area contributed by atoms with Crippen LogP contribution >= 0.6 is 11.8 Å². The number of nitrogens with one attached hydrogen (secondary N) is 1. The van der Waals surface area contributed by atoms with Gasteiger partial charge in [0.15, 0.2) is 0 Å². The van der Waals surface area contributed by atoms with Gasteiger partial charge < -0.3 is 26.3 Å². The molecule has 9 heteroatoms. The Kier molecular flexibility index (Phi) is 6.63. The number of amides is 2. The Morgan fingerprint density at radius 2 is 1.80 bits per heavy atom. The minimum atomic E-state index is -0.865. The van der Waals surface area contributed by atoms with Gasteiger partial charge in [-0.15, -0.1) is 0 Å². The maximum atomic E-state index is 12.9. The van der Waals surface area contributed by atoms with E-state index < -0.39 is 17.1 Å². The Labute approximate surface area is 178 Å². The third kappa shape index (κ3) is 4.41. The molecule has 5 N–H and O–H groups in total. The minimum Gasteiger partial charge on any atom is -0.494 e. The van der Waals surface area contributed by atoms with E-state index in [1.54, 1.807) is 42.5 Å². The number of anilines is 1. The molecule has 30 heavy (non-hydrogen) atoms. The Balaban J connectivity index is 1.91. The van der Waals surface area contributed by atoms with Gasteiger partial charge in [0.25, 0.3) is 5.91 Å². The summed E-state index contributed by atoms with van der Waals surface area (Å²) in [4.78, 5) is 29.5. The fourth-order valence-electron chi connectivity index (χ4n) is 2.89. The highest BCUT2D eigenvalue weighted by Gasteiger charge is 2.38. The molecule has 3 rings (SSSR count). The van der Waals surface area contributed by atoms with Crippen LogP contribution in [0.3, 0.4) is 0 Å². The van der Waals surface area contributed by atoms with Gasteiger partial charge in [-0.25, -0.2) is 4.99 Å². The van der Waals surface area contributed by atoms with Gasteiger partial charge in [0.05, 0.1) is 25.0 Å². The highest BCUT2D eigenvalue weighted by Crippen LogP contribution is 2.37. The standard InChI is InChI=1S/C21H22N4O4S/c1-3-29-15-11-7-5-9-13(15)24-20(27)18-17(22)16(19(23)26)21(30-18)25-12-8-4-6-10-14(12)28-2/h4-11,18H,3,22H2,1-2H3,(H2,23,26)(H,24,27)/t18-/m0/s1. The van der Waals surface area contributed by atoms with E-state index in [9.17, 15) is 9.59 Å². The smallest absolute Gasteiger partial charge is 0.253 e. The second-order valence-corrected chi connectivity index (χ2v) is 7.29. The fourth-order valence-corrected chi connectivity index (χ4v) is 4.02. The lowest BCUT2D eigenvalue weighted by atomic mass is 10.1. The van der Waals surface area contributed by atoms with E-state index in [1.807, 2.05) is 13.0 Å². The molecule has 0 aliphatic carbocycles. The van der Waals surface area contributed by atoms with E-state index in [2.05, 4.69) is 10.3 Å². The average molecular weight is 426 g/mol.